The van der Waals surface area contributed by atoms with Crippen LogP contribution in [0.25, 0.3) is 0 Å². The summed E-state index contributed by atoms with van der Waals surface area (Å²) in [7, 11) is 0. The van der Waals surface area contributed by atoms with E-state index in [-0.39, 0.29) is 0 Å². The van der Waals surface area contributed by atoms with Gasteiger partial charge in [-0.1, -0.05) is 22.0 Å². The van der Waals surface area contributed by atoms with E-state index in [0.717, 1.165) is 23.2 Å². The zero-order valence-electron chi connectivity index (χ0n) is 7.72. The minimum Gasteiger partial charge on any atom is -0.369 e. The summed E-state index contributed by atoms with van der Waals surface area (Å²) in [5.74, 6) is 1.23. The summed E-state index contributed by atoms with van der Waals surface area (Å²) in [6.45, 7) is 1.65. The number of hydrogen-bond acceptors (Lipinski definition) is 1. The lowest BCUT2D eigenvalue weighted by atomic mass is 10.3. The first kappa shape index (κ1) is 12.2. The predicted octanol–water partition coefficient (Wildman–Crippen LogP) is 3.73. The van der Waals surface area contributed by atoms with Crippen LogP contribution >= 0.6 is 39.1 Å². The van der Waals surface area contributed by atoms with Gasteiger partial charge in [0.25, 0.3) is 0 Å². The first-order valence-corrected chi connectivity index (χ1v) is 6.26. The molecule has 0 radical (unpaired) electrons. The van der Waals surface area contributed by atoms with Crippen molar-refractivity contribution < 1.29 is 0 Å². The molecule has 0 saturated carbocycles. The van der Waals surface area contributed by atoms with E-state index >= 15 is 0 Å². The van der Waals surface area contributed by atoms with Gasteiger partial charge < -0.3 is 4.90 Å². The predicted molar refractivity (Wildman–Crippen MR) is 67.8 cm³/mol. The van der Waals surface area contributed by atoms with Gasteiger partial charge in [0.05, 0.1) is 0 Å². The summed E-state index contributed by atoms with van der Waals surface area (Å²) >= 11 is 14.9. The average Bonchev–Trinajstić information content (AvgIpc) is 2.17. The van der Waals surface area contributed by atoms with Gasteiger partial charge in [0.2, 0.25) is 0 Å². The Morgan fingerprint density at radius 3 is 2.29 bits per heavy atom. The van der Waals surface area contributed by atoms with Gasteiger partial charge in [-0.3, -0.25) is 0 Å². The van der Waals surface area contributed by atoms with Crippen LogP contribution in [0.1, 0.15) is 0 Å². The highest BCUT2D eigenvalue weighted by atomic mass is 79.9. The fraction of sp³-hybridized carbons (Fsp3) is 0.400. The highest BCUT2D eigenvalue weighted by Crippen LogP contribution is 2.19. The van der Waals surface area contributed by atoms with Gasteiger partial charge in [-0.05, 0) is 18.2 Å². The molecule has 0 aromatic heterocycles. The Bertz CT molecular complexity index is 275. The normalized spacial score (nSPS) is 10.2. The van der Waals surface area contributed by atoms with Gasteiger partial charge in [-0.2, -0.15) is 0 Å². The van der Waals surface area contributed by atoms with E-state index in [1.165, 1.54) is 0 Å². The van der Waals surface area contributed by atoms with Crippen molar-refractivity contribution in [1.29, 1.82) is 0 Å². The molecule has 14 heavy (non-hydrogen) atoms. The third kappa shape index (κ3) is 3.68. The molecule has 0 fully saturated rings. The maximum absolute atomic E-state index is 5.73. The van der Waals surface area contributed by atoms with Crippen LogP contribution in [-0.4, -0.2) is 24.8 Å². The second kappa shape index (κ2) is 6.54. The van der Waals surface area contributed by atoms with E-state index in [1.54, 1.807) is 0 Å². The van der Waals surface area contributed by atoms with Crippen molar-refractivity contribution in [3.63, 3.8) is 0 Å². The lowest BCUT2D eigenvalue weighted by Crippen LogP contribution is -2.27. The monoisotopic (exact) mass is 295 g/mol. The van der Waals surface area contributed by atoms with Crippen LogP contribution in [0.3, 0.4) is 0 Å². The molecule has 0 aliphatic heterocycles. The van der Waals surface area contributed by atoms with Crippen LogP contribution in [0.15, 0.2) is 28.7 Å². The van der Waals surface area contributed by atoms with Crippen molar-refractivity contribution in [3.8, 4) is 0 Å². The molecule has 0 bridgehead atoms. The number of benzene rings is 1. The van der Waals surface area contributed by atoms with E-state index in [4.69, 9.17) is 23.2 Å². The van der Waals surface area contributed by atoms with Gasteiger partial charge in [0, 0.05) is 35.0 Å². The average molecular weight is 297 g/mol. The number of halogens is 3. The van der Waals surface area contributed by atoms with E-state index in [0.29, 0.717) is 11.8 Å². The van der Waals surface area contributed by atoms with Gasteiger partial charge in [0.15, 0.2) is 0 Å². The Labute approximate surface area is 103 Å². The Balaban J connectivity index is 2.75. The molecule has 1 nitrogen and oxygen atoms in total. The van der Waals surface area contributed by atoms with Gasteiger partial charge in [-0.15, -0.1) is 23.2 Å². The molecule has 0 spiro atoms. The zero-order valence-corrected chi connectivity index (χ0v) is 10.8. The molecule has 0 saturated heterocycles. The number of rotatable bonds is 5. The summed E-state index contributed by atoms with van der Waals surface area (Å²) < 4.78 is 1.07. The molecular formula is C10H12BrCl2N. The third-order valence-corrected chi connectivity index (χ3v) is 2.71. The van der Waals surface area contributed by atoms with Crippen LogP contribution in [0.2, 0.25) is 0 Å². The molecule has 0 amide bonds. The van der Waals surface area contributed by atoms with Gasteiger partial charge >= 0.3 is 0 Å². The molecule has 0 unspecified atom stereocenters. The summed E-state index contributed by atoms with van der Waals surface area (Å²) in [5, 5.41) is 0. The largest absolute Gasteiger partial charge is 0.369 e. The molecule has 1 aromatic carbocycles. The van der Waals surface area contributed by atoms with E-state index in [9.17, 15) is 0 Å². The Morgan fingerprint density at radius 2 is 1.79 bits per heavy atom. The Kier molecular flexibility index (Phi) is 5.68. The maximum atomic E-state index is 5.73. The second-order valence-corrected chi connectivity index (χ2v) is 4.52. The molecule has 1 aromatic rings. The second-order valence-electron chi connectivity index (χ2n) is 2.84. The molecule has 78 valence electrons. The SMILES string of the molecule is ClCCN(CCCl)c1cccc(Br)c1. The molecule has 0 heterocycles. The Morgan fingerprint density at radius 1 is 1.14 bits per heavy atom. The molecule has 4 heteroatoms. The molecule has 1 rings (SSSR count). The molecule has 0 aliphatic rings. The van der Waals surface area contributed by atoms with Crippen molar-refractivity contribution in [3.05, 3.63) is 28.7 Å². The quantitative estimate of drug-likeness (QED) is 0.748. The molecule has 0 aliphatic carbocycles. The minimum atomic E-state index is 0.614. The number of hydrogen-bond donors (Lipinski definition) is 0. The summed E-state index contributed by atoms with van der Waals surface area (Å²) in [5.41, 5.74) is 1.15. The maximum Gasteiger partial charge on any atom is 0.0399 e. The molecule has 0 atom stereocenters. The Hall–Kier alpha value is 0.0800. The van der Waals surface area contributed by atoms with Gasteiger partial charge in [-0.25, -0.2) is 0 Å². The molecular weight excluding hydrogens is 285 g/mol. The first-order chi connectivity index (χ1) is 6.77. The zero-order chi connectivity index (χ0) is 10.4. The van der Waals surface area contributed by atoms with Crippen molar-refractivity contribution in [2.75, 3.05) is 29.7 Å². The van der Waals surface area contributed by atoms with Crippen molar-refractivity contribution in [2.45, 2.75) is 0 Å². The first-order valence-electron chi connectivity index (χ1n) is 4.40. The van der Waals surface area contributed by atoms with E-state index < -0.39 is 0 Å². The van der Waals surface area contributed by atoms with Crippen LogP contribution in [0, 0.1) is 0 Å². The summed E-state index contributed by atoms with van der Waals surface area (Å²) in [6.07, 6.45) is 0. The van der Waals surface area contributed by atoms with E-state index in [1.807, 2.05) is 12.1 Å². The lowest BCUT2D eigenvalue weighted by Gasteiger charge is -2.22. The van der Waals surface area contributed by atoms with E-state index in [2.05, 4.69) is 33.0 Å². The summed E-state index contributed by atoms with van der Waals surface area (Å²) in [4.78, 5) is 2.17. The molecule has 0 N–H and O–H groups in total. The van der Waals surface area contributed by atoms with Crippen LogP contribution in [0.5, 0.6) is 0 Å². The highest BCUT2D eigenvalue weighted by Gasteiger charge is 2.04. The number of alkyl halides is 2. The highest BCUT2D eigenvalue weighted by molar-refractivity contribution is 9.10. The number of anilines is 1. The smallest absolute Gasteiger partial charge is 0.0399 e. The number of nitrogens with zero attached hydrogens (tertiary/aromatic N) is 1. The van der Waals surface area contributed by atoms with Crippen molar-refractivity contribution in [1.82, 2.24) is 0 Å². The topological polar surface area (TPSA) is 3.24 Å². The van der Waals surface area contributed by atoms with Crippen molar-refractivity contribution in [2.24, 2.45) is 0 Å². The van der Waals surface area contributed by atoms with Gasteiger partial charge in [0.1, 0.15) is 0 Å². The fourth-order valence-corrected chi connectivity index (χ4v) is 2.04. The van der Waals surface area contributed by atoms with Crippen LogP contribution in [0.4, 0.5) is 5.69 Å². The van der Waals surface area contributed by atoms with Crippen LogP contribution < -0.4 is 4.90 Å². The third-order valence-electron chi connectivity index (χ3n) is 1.88. The van der Waals surface area contributed by atoms with Crippen LogP contribution in [-0.2, 0) is 0 Å². The summed E-state index contributed by atoms with van der Waals surface area (Å²) in [6, 6.07) is 8.14. The minimum absolute atomic E-state index is 0.614. The fourth-order valence-electron chi connectivity index (χ4n) is 1.25. The van der Waals surface area contributed by atoms with Crippen molar-refractivity contribution >= 4 is 44.8 Å². The lowest BCUT2D eigenvalue weighted by molar-refractivity contribution is 0.873. The standard InChI is InChI=1S/C10H12BrCl2N/c11-9-2-1-3-10(8-9)14(6-4-12)7-5-13/h1-3,8H,4-7H2.